The van der Waals surface area contributed by atoms with E-state index in [1.165, 1.54) is 10.4 Å². The van der Waals surface area contributed by atoms with Gasteiger partial charge in [-0.3, -0.25) is 0 Å². The summed E-state index contributed by atoms with van der Waals surface area (Å²) in [6.45, 7) is 8.15. The van der Waals surface area contributed by atoms with E-state index >= 15 is 0 Å². The Hall–Kier alpha value is -1.46. The fourth-order valence-corrected chi connectivity index (χ4v) is 2.96. The van der Waals surface area contributed by atoms with E-state index in [1.807, 2.05) is 6.20 Å². The number of aryl methyl sites for hydroxylation is 1. The molecule has 0 aliphatic heterocycles. The minimum Gasteiger partial charge on any atom is -0.341 e. The number of nitrogens with zero attached hydrogens (tertiary/aromatic N) is 3. The summed E-state index contributed by atoms with van der Waals surface area (Å²) in [6, 6.07) is 4.66. The Bertz CT molecular complexity index is 553. The van der Waals surface area contributed by atoms with Gasteiger partial charge < -0.3 is 10.2 Å². The number of rotatable bonds is 7. The van der Waals surface area contributed by atoms with E-state index in [2.05, 4.69) is 65.5 Å². The minimum absolute atomic E-state index is 0.377. The van der Waals surface area contributed by atoms with Gasteiger partial charge in [0.05, 0.1) is 0 Å². The van der Waals surface area contributed by atoms with E-state index in [1.54, 1.807) is 11.3 Å². The maximum absolute atomic E-state index is 4.65. The zero-order valence-electron chi connectivity index (χ0n) is 13.3. The molecule has 0 aliphatic carbocycles. The topological polar surface area (TPSA) is 41.1 Å². The largest absolute Gasteiger partial charge is 0.341 e. The van der Waals surface area contributed by atoms with E-state index < -0.39 is 0 Å². The third kappa shape index (κ3) is 4.25. The lowest BCUT2D eigenvalue weighted by Crippen LogP contribution is -2.32. The van der Waals surface area contributed by atoms with Crippen molar-refractivity contribution in [3.8, 4) is 0 Å². The maximum atomic E-state index is 4.65. The first-order chi connectivity index (χ1) is 10.1. The molecule has 1 unspecified atom stereocenters. The van der Waals surface area contributed by atoms with Crippen molar-refractivity contribution >= 4 is 17.3 Å². The Kier molecular flexibility index (Phi) is 5.70. The Labute approximate surface area is 131 Å². The number of hydrogen-bond donors (Lipinski definition) is 1. The number of aromatic nitrogens is 2. The predicted octanol–water partition coefficient (Wildman–Crippen LogP) is 3.02. The molecule has 5 heteroatoms. The van der Waals surface area contributed by atoms with Crippen LogP contribution in [-0.2, 0) is 13.0 Å². The fraction of sp³-hybridized carbons (Fsp3) is 0.500. The van der Waals surface area contributed by atoms with Crippen LogP contribution in [0, 0.1) is 6.92 Å². The Morgan fingerprint density at radius 3 is 2.86 bits per heavy atom. The van der Waals surface area contributed by atoms with Crippen LogP contribution in [0.3, 0.4) is 0 Å². The lowest BCUT2D eigenvalue weighted by Gasteiger charge is -2.25. The minimum atomic E-state index is 0.377. The normalized spacial score (nSPS) is 12.4. The molecule has 2 heterocycles. The van der Waals surface area contributed by atoms with Crippen molar-refractivity contribution in [2.75, 3.05) is 18.5 Å². The van der Waals surface area contributed by atoms with Crippen LogP contribution in [0.4, 0.5) is 5.95 Å². The summed E-state index contributed by atoms with van der Waals surface area (Å²) in [4.78, 5) is 12.7. The molecule has 1 N–H and O–H groups in total. The standard InChI is InChI=1S/C16H24N4S/c1-5-17-10-14-11-18-16(19-13(14)3)20(4)12(2)9-15-7-6-8-21-15/h6-8,11-12,17H,5,9-10H2,1-4H3. The Morgan fingerprint density at radius 1 is 1.43 bits per heavy atom. The molecule has 1 atom stereocenters. The van der Waals surface area contributed by atoms with E-state index in [4.69, 9.17) is 0 Å². The van der Waals surface area contributed by atoms with Gasteiger partial charge in [-0.2, -0.15) is 0 Å². The molecule has 0 saturated carbocycles. The monoisotopic (exact) mass is 304 g/mol. The predicted molar refractivity (Wildman–Crippen MR) is 90.0 cm³/mol. The summed E-state index contributed by atoms with van der Waals surface area (Å²) in [6.07, 6.45) is 2.96. The molecule has 0 radical (unpaired) electrons. The molecule has 0 fully saturated rings. The van der Waals surface area contributed by atoms with Gasteiger partial charge in [-0.1, -0.05) is 13.0 Å². The van der Waals surface area contributed by atoms with Gasteiger partial charge in [-0.25, -0.2) is 9.97 Å². The van der Waals surface area contributed by atoms with Gasteiger partial charge in [0, 0.05) is 48.4 Å². The SMILES string of the molecule is CCNCc1cnc(N(C)C(C)Cc2cccs2)nc1C. The van der Waals surface area contributed by atoms with Crippen LogP contribution < -0.4 is 10.2 Å². The zero-order chi connectivity index (χ0) is 15.2. The molecular formula is C16H24N4S. The quantitative estimate of drug-likeness (QED) is 0.853. The van der Waals surface area contributed by atoms with Crippen LogP contribution >= 0.6 is 11.3 Å². The lowest BCUT2D eigenvalue weighted by atomic mass is 10.2. The zero-order valence-corrected chi connectivity index (χ0v) is 14.1. The molecule has 0 bridgehead atoms. The highest BCUT2D eigenvalue weighted by Gasteiger charge is 2.14. The van der Waals surface area contributed by atoms with Crippen LogP contribution in [-0.4, -0.2) is 29.6 Å². The molecule has 0 aromatic carbocycles. The van der Waals surface area contributed by atoms with Crippen LogP contribution in [0.5, 0.6) is 0 Å². The van der Waals surface area contributed by atoms with E-state index in [-0.39, 0.29) is 0 Å². The molecule has 2 aromatic heterocycles. The van der Waals surface area contributed by atoms with E-state index in [0.29, 0.717) is 6.04 Å². The van der Waals surface area contributed by atoms with E-state index in [0.717, 1.165) is 31.2 Å². The summed E-state index contributed by atoms with van der Waals surface area (Å²) in [5, 5.41) is 5.44. The molecule has 114 valence electrons. The lowest BCUT2D eigenvalue weighted by molar-refractivity contribution is 0.664. The van der Waals surface area contributed by atoms with Crippen molar-refractivity contribution in [3.63, 3.8) is 0 Å². The van der Waals surface area contributed by atoms with Crippen LogP contribution in [0.15, 0.2) is 23.7 Å². The van der Waals surface area contributed by atoms with Crippen molar-refractivity contribution in [2.45, 2.75) is 39.8 Å². The van der Waals surface area contributed by atoms with Crippen molar-refractivity contribution < 1.29 is 0 Å². The average Bonchev–Trinajstić information content (AvgIpc) is 2.98. The molecule has 2 rings (SSSR count). The second kappa shape index (κ2) is 7.52. The highest BCUT2D eigenvalue weighted by atomic mass is 32.1. The molecule has 21 heavy (non-hydrogen) atoms. The van der Waals surface area contributed by atoms with Gasteiger partial charge in [0.2, 0.25) is 5.95 Å². The first-order valence-electron chi connectivity index (χ1n) is 7.40. The number of likely N-dealkylation sites (N-methyl/N-ethyl adjacent to an activating group) is 1. The molecule has 0 aliphatic rings. The Balaban J connectivity index is 2.04. The summed E-state index contributed by atoms with van der Waals surface area (Å²) >= 11 is 1.80. The Morgan fingerprint density at radius 2 is 2.24 bits per heavy atom. The van der Waals surface area contributed by atoms with Gasteiger partial charge >= 0.3 is 0 Å². The highest BCUT2D eigenvalue weighted by molar-refractivity contribution is 7.09. The van der Waals surface area contributed by atoms with Gasteiger partial charge in [0.25, 0.3) is 0 Å². The van der Waals surface area contributed by atoms with Gasteiger partial charge in [-0.15, -0.1) is 11.3 Å². The molecule has 2 aromatic rings. The summed E-state index contributed by atoms with van der Waals surface area (Å²) in [5.74, 6) is 0.803. The van der Waals surface area contributed by atoms with E-state index in [9.17, 15) is 0 Å². The summed E-state index contributed by atoms with van der Waals surface area (Å²) < 4.78 is 0. The smallest absolute Gasteiger partial charge is 0.225 e. The van der Waals surface area contributed by atoms with Gasteiger partial charge in [0.1, 0.15) is 0 Å². The van der Waals surface area contributed by atoms with Crippen molar-refractivity contribution in [2.24, 2.45) is 0 Å². The van der Waals surface area contributed by atoms with Crippen LogP contribution in [0.25, 0.3) is 0 Å². The molecule has 4 nitrogen and oxygen atoms in total. The second-order valence-corrected chi connectivity index (χ2v) is 6.34. The van der Waals surface area contributed by atoms with Crippen molar-refractivity contribution in [1.82, 2.24) is 15.3 Å². The maximum Gasteiger partial charge on any atom is 0.225 e. The third-order valence-corrected chi connectivity index (χ3v) is 4.59. The van der Waals surface area contributed by atoms with Crippen molar-refractivity contribution in [1.29, 1.82) is 0 Å². The fourth-order valence-electron chi connectivity index (χ4n) is 2.14. The summed E-state index contributed by atoms with van der Waals surface area (Å²) in [5.41, 5.74) is 2.22. The second-order valence-electron chi connectivity index (χ2n) is 5.30. The van der Waals surface area contributed by atoms with Crippen LogP contribution in [0.1, 0.15) is 30.0 Å². The van der Waals surface area contributed by atoms with Gasteiger partial charge in [0.15, 0.2) is 0 Å². The summed E-state index contributed by atoms with van der Waals surface area (Å²) in [7, 11) is 2.07. The molecular weight excluding hydrogens is 280 g/mol. The van der Waals surface area contributed by atoms with Crippen molar-refractivity contribution in [3.05, 3.63) is 39.8 Å². The van der Waals surface area contributed by atoms with Crippen LogP contribution in [0.2, 0.25) is 0 Å². The first kappa shape index (κ1) is 15.9. The molecule has 0 amide bonds. The number of thiophene rings is 1. The number of nitrogens with one attached hydrogen (secondary N) is 1. The molecule has 0 saturated heterocycles. The first-order valence-corrected chi connectivity index (χ1v) is 8.28. The van der Waals surface area contributed by atoms with Gasteiger partial charge in [-0.05, 0) is 31.8 Å². The number of hydrogen-bond acceptors (Lipinski definition) is 5. The highest BCUT2D eigenvalue weighted by Crippen LogP contribution is 2.17. The third-order valence-electron chi connectivity index (χ3n) is 3.69. The average molecular weight is 304 g/mol. The molecule has 0 spiro atoms. The number of anilines is 1.